The molecule has 49 heavy (non-hydrogen) atoms. The molecule has 2 atom stereocenters. The second-order valence-electron chi connectivity index (χ2n) is 11.4. The number of aromatic amines is 1. The Balaban J connectivity index is 1.18. The van der Waals surface area contributed by atoms with E-state index in [9.17, 15) is 45.9 Å². The molecule has 2 N–H and O–H groups in total. The summed E-state index contributed by atoms with van der Waals surface area (Å²) < 4.78 is 80.8. The third-order valence-corrected chi connectivity index (χ3v) is 8.51. The van der Waals surface area contributed by atoms with E-state index in [4.69, 9.17) is 4.74 Å². The van der Waals surface area contributed by atoms with Gasteiger partial charge < -0.3 is 19.7 Å². The number of hydrogen-bond donors (Lipinski definition) is 2. The number of benzene rings is 3. The number of H-pyrrole nitrogens is 1. The van der Waals surface area contributed by atoms with Gasteiger partial charge in [-0.25, -0.2) is 27.6 Å². The zero-order valence-corrected chi connectivity index (χ0v) is 25.4. The Kier molecular flexibility index (Phi) is 8.79. The van der Waals surface area contributed by atoms with Crippen LogP contribution in [0.4, 0.5) is 26.7 Å². The van der Waals surface area contributed by atoms with Gasteiger partial charge in [0.2, 0.25) is 40.7 Å². The Morgan fingerprint density at radius 2 is 1.45 bits per heavy atom. The lowest BCUT2D eigenvalue weighted by atomic mass is 9.98. The molecule has 0 spiro atoms. The van der Waals surface area contributed by atoms with Gasteiger partial charge in [-0.1, -0.05) is 48.5 Å². The van der Waals surface area contributed by atoms with E-state index >= 15 is 0 Å². The number of hydrogen-bond acceptors (Lipinski definition) is 7. The molecule has 0 bridgehead atoms. The van der Waals surface area contributed by atoms with Crippen LogP contribution in [-0.4, -0.2) is 58.2 Å². The number of rotatable bonds is 7. The average molecular weight is 685 g/mol. The number of nitrogens with one attached hydrogen (secondary N) is 2. The molecule has 6 rings (SSSR count). The topological polar surface area (TPSA) is 140 Å². The first kappa shape index (κ1) is 33.1. The number of amides is 2. The highest BCUT2D eigenvalue weighted by Crippen LogP contribution is 2.44. The Hall–Kier alpha value is -5.80. The van der Waals surface area contributed by atoms with Gasteiger partial charge in [0.25, 0.3) is 5.56 Å². The van der Waals surface area contributed by atoms with Crippen molar-refractivity contribution in [3.05, 3.63) is 121 Å². The van der Waals surface area contributed by atoms with Crippen molar-refractivity contribution in [3.8, 4) is 16.9 Å². The van der Waals surface area contributed by atoms with Crippen LogP contribution in [-0.2, 0) is 14.3 Å². The molecule has 16 heteroatoms. The minimum atomic E-state index is -2.47. The lowest BCUT2D eigenvalue weighted by Crippen LogP contribution is -2.47. The Morgan fingerprint density at radius 1 is 0.878 bits per heavy atom. The van der Waals surface area contributed by atoms with Gasteiger partial charge >= 0.3 is 17.8 Å². The second-order valence-corrected chi connectivity index (χ2v) is 11.4. The first-order valence-corrected chi connectivity index (χ1v) is 14.8. The molecular weight excluding hydrogens is 659 g/mol. The number of carbonyl (C=O) groups excluding carboxylic acids is 3. The van der Waals surface area contributed by atoms with Crippen molar-refractivity contribution in [1.29, 1.82) is 0 Å². The fourth-order valence-corrected chi connectivity index (χ4v) is 6.11. The number of aryl methyl sites for hydroxylation is 1. The normalized spacial score (nSPS) is 16.7. The van der Waals surface area contributed by atoms with Crippen LogP contribution in [0, 0.1) is 36.0 Å². The molecule has 1 saturated heterocycles. The van der Waals surface area contributed by atoms with Crippen molar-refractivity contribution in [2.24, 2.45) is 0 Å². The number of carbonyl (C=O) groups is 3. The number of ether oxygens (including phenoxy) is 2. The maximum Gasteiger partial charge on any atom is 0.407 e. The van der Waals surface area contributed by atoms with Crippen LogP contribution in [0.5, 0.6) is 5.75 Å². The average Bonchev–Trinajstić information content (AvgIpc) is 3.68. The Morgan fingerprint density at radius 3 is 2.06 bits per heavy atom. The van der Waals surface area contributed by atoms with Gasteiger partial charge in [-0.05, 0) is 29.2 Å². The fraction of sp³-hybridized carbons (Fsp3) is 0.242. The molecule has 3 aromatic carbocycles. The van der Waals surface area contributed by atoms with Gasteiger partial charge in [0, 0.05) is 30.6 Å². The van der Waals surface area contributed by atoms with E-state index in [2.05, 4.69) is 15.0 Å². The molecule has 0 saturated carbocycles. The number of halogens is 5. The van der Waals surface area contributed by atoms with E-state index < -0.39 is 95.6 Å². The minimum absolute atomic E-state index is 0.0782. The summed E-state index contributed by atoms with van der Waals surface area (Å²) >= 11 is 0. The second kappa shape index (κ2) is 13.0. The van der Waals surface area contributed by atoms with Crippen molar-refractivity contribution >= 4 is 18.0 Å². The molecule has 0 radical (unpaired) electrons. The number of esters is 1. The number of aromatic nitrogens is 2. The molecule has 2 heterocycles. The smallest absolute Gasteiger partial charge is 0.407 e. The zero-order chi connectivity index (χ0) is 35.1. The SMILES string of the molecule is Cc1cn([C@H]2C[C@H](C(=O)Oc3c(F)c(F)c(F)c(F)c3F)N(C(=O)CNC(=O)OCC3c4ccccc4-c4ccccc43)C2)c(=O)[nH]c1=O. The van der Waals surface area contributed by atoms with Crippen LogP contribution in [0.25, 0.3) is 11.1 Å². The van der Waals surface area contributed by atoms with Crippen molar-refractivity contribution in [2.75, 3.05) is 19.7 Å². The summed E-state index contributed by atoms with van der Waals surface area (Å²) in [4.78, 5) is 66.6. The summed E-state index contributed by atoms with van der Waals surface area (Å²) in [7, 11) is 0. The largest absolute Gasteiger partial charge is 0.449 e. The highest BCUT2D eigenvalue weighted by molar-refractivity contribution is 5.89. The van der Waals surface area contributed by atoms with E-state index in [-0.39, 0.29) is 18.1 Å². The van der Waals surface area contributed by atoms with Gasteiger partial charge in [-0.15, -0.1) is 0 Å². The standard InChI is InChI=1S/C33H25F5N4O7/c1-15-12-41(32(46)40-30(15)44)16-10-22(31(45)49-29-27(37)25(35)24(34)26(36)28(29)38)42(13-16)23(43)11-39-33(47)48-14-21-19-8-4-2-6-17(19)18-7-3-5-9-20(18)21/h2-9,12,16,21-22H,10-11,13-14H2,1H3,(H,39,47)(H,40,44,46)/t16-,22+/m0/s1. The van der Waals surface area contributed by atoms with Crippen LogP contribution in [0.15, 0.2) is 64.3 Å². The summed E-state index contributed by atoms with van der Waals surface area (Å²) in [5.74, 6) is -16.7. The first-order chi connectivity index (χ1) is 23.4. The zero-order valence-electron chi connectivity index (χ0n) is 25.4. The monoisotopic (exact) mass is 684 g/mol. The summed E-state index contributed by atoms with van der Waals surface area (Å²) in [6.45, 7) is 0.147. The molecule has 1 aromatic heterocycles. The number of likely N-dealkylation sites (tertiary alicyclic amines) is 1. The lowest BCUT2D eigenvalue weighted by molar-refractivity contribution is -0.146. The number of fused-ring (bicyclic) bond motifs is 3. The molecule has 11 nitrogen and oxygen atoms in total. The molecule has 1 aliphatic carbocycles. The number of alkyl carbamates (subject to hydrolysis) is 1. The van der Waals surface area contributed by atoms with Gasteiger partial charge in [0.15, 0.2) is 0 Å². The third-order valence-electron chi connectivity index (χ3n) is 8.51. The molecule has 1 fully saturated rings. The summed E-state index contributed by atoms with van der Waals surface area (Å²) in [5, 5.41) is 2.28. The van der Waals surface area contributed by atoms with E-state index in [1.165, 1.54) is 13.1 Å². The molecule has 4 aromatic rings. The van der Waals surface area contributed by atoms with Gasteiger partial charge in [0.1, 0.15) is 19.2 Å². The molecular formula is C33H25F5N4O7. The predicted molar refractivity (Wildman–Crippen MR) is 160 cm³/mol. The Labute approximate surface area is 272 Å². The van der Waals surface area contributed by atoms with Crippen molar-refractivity contribution in [3.63, 3.8) is 0 Å². The first-order valence-electron chi connectivity index (χ1n) is 14.8. The van der Waals surface area contributed by atoms with Gasteiger partial charge in [-0.3, -0.25) is 19.1 Å². The molecule has 254 valence electrons. The maximum absolute atomic E-state index is 14.3. The Bertz CT molecular complexity index is 2060. The van der Waals surface area contributed by atoms with Crippen LogP contribution < -0.4 is 21.3 Å². The third kappa shape index (κ3) is 6.05. The molecule has 1 aliphatic heterocycles. The van der Waals surface area contributed by atoms with Gasteiger partial charge in [-0.2, -0.15) is 8.78 Å². The van der Waals surface area contributed by atoms with Crippen LogP contribution in [0.3, 0.4) is 0 Å². The van der Waals surface area contributed by atoms with E-state index in [0.29, 0.717) is 0 Å². The predicted octanol–water partition coefficient (Wildman–Crippen LogP) is 3.83. The summed E-state index contributed by atoms with van der Waals surface area (Å²) in [6.07, 6.45) is -0.253. The highest BCUT2D eigenvalue weighted by atomic mass is 19.2. The summed E-state index contributed by atoms with van der Waals surface area (Å²) in [5.41, 5.74) is 2.37. The van der Waals surface area contributed by atoms with Gasteiger partial charge in [0.05, 0.1) is 6.04 Å². The van der Waals surface area contributed by atoms with Crippen LogP contribution in [0.1, 0.15) is 35.1 Å². The highest BCUT2D eigenvalue weighted by Gasteiger charge is 2.43. The van der Waals surface area contributed by atoms with Crippen LogP contribution >= 0.6 is 0 Å². The quantitative estimate of drug-likeness (QED) is 0.0992. The summed E-state index contributed by atoms with van der Waals surface area (Å²) in [6, 6.07) is 12.5. The lowest BCUT2D eigenvalue weighted by Gasteiger charge is -2.23. The van der Waals surface area contributed by atoms with Crippen molar-refractivity contribution in [1.82, 2.24) is 19.8 Å². The van der Waals surface area contributed by atoms with E-state index in [1.807, 2.05) is 48.5 Å². The fourth-order valence-electron chi connectivity index (χ4n) is 6.11. The van der Waals surface area contributed by atoms with Crippen molar-refractivity contribution in [2.45, 2.75) is 31.3 Å². The van der Waals surface area contributed by atoms with Crippen LogP contribution in [0.2, 0.25) is 0 Å². The molecule has 2 amide bonds. The maximum atomic E-state index is 14.3. The molecule has 0 unspecified atom stereocenters. The minimum Gasteiger partial charge on any atom is -0.449 e. The van der Waals surface area contributed by atoms with E-state index in [0.717, 1.165) is 31.7 Å². The van der Waals surface area contributed by atoms with E-state index in [1.54, 1.807) is 0 Å². The molecule has 2 aliphatic rings. The van der Waals surface area contributed by atoms with Crippen molar-refractivity contribution < 1.29 is 45.8 Å². The number of nitrogens with zero attached hydrogens (tertiary/aromatic N) is 2.